The number of thiazole rings is 1. The highest BCUT2D eigenvalue weighted by Gasteiger charge is 2.32. The largest absolute Gasteiger partial charge is 0.312 e. The molecule has 0 saturated heterocycles. The lowest BCUT2D eigenvalue weighted by Gasteiger charge is -2.25. The first kappa shape index (κ1) is 15.3. The van der Waals surface area contributed by atoms with Gasteiger partial charge in [-0.1, -0.05) is 28.1 Å². The van der Waals surface area contributed by atoms with Crippen molar-refractivity contribution in [2.45, 2.75) is 19.3 Å². The second-order valence-corrected chi connectivity index (χ2v) is 8.29. The molecule has 1 aromatic heterocycles. The van der Waals surface area contributed by atoms with E-state index in [1.165, 1.54) is 11.3 Å². The fraction of sp³-hybridized carbons (Fsp3) is 0.200. The predicted octanol–water partition coefficient (Wildman–Crippen LogP) is 5.07. The minimum Gasteiger partial charge on any atom is -0.312 e. The van der Waals surface area contributed by atoms with Crippen LogP contribution in [0, 0.1) is 0 Å². The Kier molecular flexibility index (Phi) is 3.54. The summed E-state index contributed by atoms with van der Waals surface area (Å²) < 4.78 is 1.06. The number of rotatable bonds is 2. The van der Waals surface area contributed by atoms with Crippen LogP contribution in [0.4, 0.5) is 5.69 Å². The van der Waals surface area contributed by atoms with Gasteiger partial charge in [-0.25, -0.2) is 4.98 Å². The molecule has 0 N–H and O–H groups in total. The first-order chi connectivity index (χ1) is 12.2. The van der Waals surface area contributed by atoms with E-state index in [-0.39, 0.29) is 5.91 Å². The first-order valence-corrected chi connectivity index (χ1v) is 10.0. The summed E-state index contributed by atoms with van der Waals surface area (Å²) in [4.78, 5) is 19.0. The van der Waals surface area contributed by atoms with Gasteiger partial charge in [-0.2, -0.15) is 0 Å². The van der Waals surface area contributed by atoms with Crippen molar-refractivity contribution in [3.63, 3.8) is 0 Å². The van der Waals surface area contributed by atoms with Gasteiger partial charge in [-0.3, -0.25) is 4.79 Å². The molecule has 0 atom stereocenters. The van der Waals surface area contributed by atoms with E-state index in [1.807, 2.05) is 17.0 Å². The molecule has 5 rings (SSSR count). The number of nitrogens with zero attached hydrogens (tertiary/aromatic N) is 2. The van der Waals surface area contributed by atoms with Crippen molar-refractivity contribution < 1.29 is 4.79 Å². The number of hydrogen-bond acceptors (Lipinski definition) is 3. The van der Waals surface area contributed by atoms with Gasteiger partial charge in [-0.05, 0) is 48.2 Å². The fourth-order valence-electron chi connectivity index (χ4n) is 3.79. The second-order valence-electron chi connectivity index (χ2n) is 6.52. The minimum atomic E-state index is 0.237. The van der Waals surface area contributed by atoms with E-state index >= 15 is 0 Å². The zero-order valence-electron chi connectivity index (χ0n) is 13.5. The molecular formula is C20H15BrN2OS. The van der Waals surface area contributed by atoms with Crippen molar-refractivity contribution in [3.8, 4) is 21.8 Å². The molecule has 3 aromatic rings. The van der Waals surface area contributed by atoms with Crippen molar-refractivity contribution in [1.82, 2.24) is 4.98 Å². The highest BCUT2D eigenvalue weighted by atomic mass is 79.9. The van der Waals surface area contributed by atoms with Gasteiger partial charge in [0.25, 0.3) is 0 Å². The van der Waals surface area contributed by atoms with Crippen LogP contribution in [0.3, 0.4) is 0 Å². The Balaban J connectivity index is 1.57. The van der Waals surface area contributed by atoms with E-state index in [0.29, 0.717) is 6.42 Å². The van der Waals surface area contributed by atoms with Gasteiger partial charge < -0.3 is 4.90 Å². The topological polar surface area (TPSA) is 33.2 Å². The van der Waals surface area contributed by atoms with Crippen molar-refractivity contribution in [2.24, 2.45) is 0 Å². The molecule has 0 spiro atoms. The van der Waals surface area contributed by atoms with Crippen LogP contribution in [0.5, 0.6) is 0 Å². The predicted molar refractivity (Wildman–Crippen MR) is 105 cm³/mol. The zero-order valence-corrected chi connectivity index (χ0v) is 15.9. The van der Waals surface area contributed by atoms with E-state index in [1.54, 1.807) is 11.3 Å². The van der Waals surface area contributed by atoms with E-state index in [4.69, 9.17) is 4.98 Å². The zero-order chi connectivity index (χ0) is 17.0. The number of aryl methyl sites for hydroxylation is 1. The molecule has 3 nitrogen and oxygen atoms in total. The van der Waals surface area contributed by atoms with Crippen LogP contribution < -0.4 is 4.90 Å². The Morgan fingerprint density at radius 1 is 1.12 bits per heavy atom. The van der Waals surface area contributed by atoms with Crippen LogP contribution >= 0.6 is 27.3 Å². The van der Waals surface area contributed by atoms with Crippen LogP contribution in [0.15, 0.2) is 46.3 Å². The van der Waals surface area contributed by atoms with Gasteiger partial charge in [0.1, 0.15) is 5.01 Å². The van der Waals surface area contributed by atoms with Gasteiger partial charge in [0, 0.05) is 27.5 Å². The summed E-state index contributed by atoms with van der Waals surface area (Å²) in [5.41, 5.74) is 6.87. The van der Waals surface area contributed by atoms with Crippen molar-refractivity contribution in [2.75, 3.05) is 11.4 Å². The number of anilines is 1. The molecule has 0 unspecified atom stereocenters. The highest BCUT2D eigenvalue weighted by molar-refractivity contribution is 9.10. The number of halogens is 1. The molecule has 1 amide bonds. The number of benzene rings is 2. The van der Waals surface area contributed by atoms with Gasteiger partial charge >= 0.3 is 0 Å². The van der Waals surface area contributed by atoms with Crippen LogP contribution in [-0.2, 0) is 17.6 Å². The SMILES string of the molecule is O=C1Cc2cc(-c3csc(-c4cccc(Br)c4)n3)cc3c2N1CCC3. The monoisotopic (exact) mass is 410 g/mol. The fourth-order valence-corrected chi connectivity index (χ4v) is 5.01. The highest BCUT2D eigenvalue weighted by Crippen LogP contribution is 2.40. The second kappa shape index (κ2) is 5.78. The van der Waals surface area contributed by atoms with Crippen LogP contribution in [0.25, 0.3) is 21.8 Å². The average Bonchev–Trinajstić information content (AvgIpc) is 3.22. The number of carbonyl (C=O) groups excluding carboxylic acids is 1. The van der Waals surface area contributed by atoms with E-state index in [0.717, 1.165) is 51.3 Å². The molecule has 2 aromatic carbocycles. The summed E-state index contributed by atoms with van der Waals surface area (Å²) >= 11 is 5.18. The summed E-state index contributed by atoms with van der Waals surface area (Å²) in [6, 6.07) is 12.6. The standard InChI is InChI=1S/C20H15BrN2OS/c21-16-5-1-3-13(9-16)20-22-17(11-25-20)14-7-12-4-2-6-23-18(24)10-15(8-14)19(12)23/h1,3,5,7-9,11H,2,4,6,10H2. The molecule has 2 aliphatic rings. The first-order valence-electron chi connectivity index (χ1n) is 8.37. The molecule has 0 aliphatic carbocycles. The molecule has 0 fully saturated rings. The summed E-state index contributed by atoms with van der Waals surface area (Å²) in [6.07, 6.45) is 2.61. The molecule has 0 saturated carbocycles. The number of amides is 1. The minimum absolute atomic E-state index is 0.237. The maximum atomic E-state index is 12.2. The third-order valence-corrected chi connectivity index (χ3v) is 6.26. The third-order valence-electron chi connectivity index (χ3n) is 4.88. The molecule has 5 heteroatoms. The summed E-state index contributed by atoms with van der Waals surface area (Å²) in [7, 11) is 0. The number of carbonyl (C=O) groups is 1. The lowest BCUT2D eigenvalue weighted by atomic mass is 9.96. The molecule has 0 bridgehead atoms. The van der Waals surface area contributed by atoms with Crippen molar-refractivity contribution in [1.29, 1.82) is 0 Å². The van der Waals surface area contributed by atoms with Crippen molar-refractivity contribution in [3.05, 3.63) is 57.4 Å². The molecule has 0 radical (unpaired) electrons. The Morgan fingerprint density at radius 3 is 2.88 bits per heavy atom. The maximum absolute atomic E-state index is 12.2. The van der Waals surface area contributed by atoms with Crippen LogP contribution in [-0.4, -0.2) is 17.4 Å². The molecular weight excluding hydrogens is 396 g/mol. The normalized spacial score (nSPS) is 15.6. The number of aromatic nitrogens is 1. The van der Waals surface area contributed by atoms with Gasteiger partial charge in [0.15, 0.2) is 0 Å². The van der Waals surface area contributed by atoms with E-state index in [2.05, 4.69) is 45.6 Å². The smallest absolute Gasteiger partial charge is 0.231 e. The van der Waals surface area contributed by atoms with Gasteiger partial charge in [0.2, 0.25) is 5.91 Å². The molecule has 2 aliphatic heterocycles. The van der Waals surface area contributed by atoms with Crippen LogP contribution in [0.2, 0.25) is 0 Å². The molecule has 3 heterocycles. The van der Waals surface area contributed by atoms with Crippen LogP contribution in [0.1, 0.15) is 17.5 Å². The lowest BCUT2D eigenvalue weighted by Crippen LogP contribution is -2.31. The Bertz CT molecular complexity index is 1010. The Hall–Kier alpha value is -1.98. The van der Waals surface area contributed by atoms with Gasteiger partial charge in [-0.15, -0.1) is 11.3 Å². The van der Waals surface area contributed by atoms with E-state index < -0.39 is 0 Å². The summed E-state index contributed by atoms with van der Waals surface area (Å²) in [5, 5.41) is 3.13. The third kappa shape index (κ3) is 2.53. The van der Waals surface area contributed by atoms with Gasteiger partial charge in [0.05, 0.1) is 17.8 Å². The summed E-state index contributed by atoms with van der Waals surface area (Å²) in [5.74, 6) is 0.237. The lowest BCUT2D eigenvalue weighted by molar-refractivity contribution is -0.117. The Labute approximate surface area is 158 Å². The number of hydrogen-bond donors (Lipinski definition) is 0. The maximum Gasteiger partial charge on any atom is 0.231 e. The molecule has 25 heavy (non-hydrogen) atoms. The quantitative estimate of drug-likeness (QED) is 0.590. The average molecular weight is 411 g/mol. The summed E-state index contributed by atoms with van der Waals surface area (Å²) in [6.45, 7) is 0.863. The van der Waals surface area contributed by atoms with Crippen molar-refractivity contribution >= 4 is 38.9 Å². The Morgan fingerprint density at radius 2 is 2.00 bits per heavy atom. The van der Waals surface area contributed by atoms with E-state index in [9.17, 15) is 4.79 Å². The molecule has 124 valence electrons.